The van der Waals surface area contributed by atoms with Gasteiger partial charge in [-0.3, -0.25) is 14.2 Å². The highest BCUT2D eigenvalue weighted by molar-refractivity contribution is 5.97. The Labute approximate surface area is 135 Å². The Morgan fingerprint density at radius 2 is 2.17 bits per heavy atom. The third-order valence-corrected chi connectivity index (χ3v) is 4.57. The molecule has 0 saturated heterocycles. The SMILES string of the molecule is CC[C@H](C)NC(=O)c1ccc2c(=O)n3c(nc2c1)CCCCC3. The molecule has 0 fully saturated rings. The Kier molecular flexibility index (Phi) is 4.46. The van der Waals surface area contributed by atoms with E-state index in [2.05, 4.69) is 10.3 Å². The van der Waals surface area contributed by atoms with E-state index in [1.807, 2.05) is 13.8 Å². The van der Waals surface area contributed by atoms with Gasteiger partial charge in [0.1, 0.15) is 5.82 Å². The van der Waals surface area contributed by atoms with Gasteiger partial charge < -0.3 is 5.32 Å². The van der Waals surface area contributed by atoms with Gasteiger partial charge in [-0.2, -0.15) is 0 Å². The second-order valence-corrected chi connectivity index (χ2v) is 6.31. The van der Waals surface area contributed by atoms with E-state index in [1.165, 1.54) is 0 Å². The van der Waals surface area contributed by atoms with Gasteiger partial charge in [-0.1, -0.05) is 13.3 Å². The van der Waals surface area contributed by atoms with E-state index < -0.39 is 0 Å². The molecule has 1 aromatic carbocycles. The van der Waals surface area contributed by atoms with Crippen LogP contribution in [-0.4, -0.2) is 21.5 Å². The van der Waals surface area contributed by atoms with Crippen molar-refractivity contribution in [3.63, 3.8) is 0 Å². The number of carbonyl (C=O) groups excluding carboxylic acids is 1. The highest BCUT2D eigenvalue weighted by Crippen LogP contribution is 2.16. The van der Waals surface area contributed by atoms with Gasteiger partial charge in [-0.15, -0.1) is 0 Å². The lowest BCUT2D eigenvalue weighted by molar-refractivity contribution is 0.0939. The topological polar surface area (TPSA) is 64.0 Å². The van der Waals surface area contributed by atoms with E-state index in [1.54, 1.807) is 22.8 Å². The number of carbonyl (C=O) groups is 1. The fourth-order valence-electron chi connectivity index (χ4n) is 2.97. The molecule has 2 aromatic rings. The summed E-state index contributed by atoms with van der Waals surface area (Å²) in [6.07, 6.45) is 4.92. The standard InChI is InChI=1S/C18H23N3O2/c1-3-12(2)19-17(22)13-8-9-14-15(11-13)20-16-7-5-4-6-10-21(16)18(14)23/h8-9,11-12H,3-7,10H2,1-2H3,(H,19,22)/t12-/m0/s1. The van der Waals surface area contributed by atoms with Gasteiger partial charge in [-0.05, 0) is 44.4 Å². The quantitative estimate of drug-likeness (QED) is 0.947. The second-order valence-electron chi connectivity index (χ2n) is 6.31. The van der Waals surface area contributed by atoms with Crippen molar-refractivity contribution in [3.05, 3.63) is 39.9 Å². The number of nitrogens with zero attached hydrogens (tertiary/aromatic N) is 2. The van der Waals surface area contributed by atoms with Crippen molar-refractivity contribution in [2.24, 2.45) is 0 Å². The summed E-state index contributed by atoms with van der Waals surface area (Å²) in [4.78, 5) is 29.6. The van der Waals surface area contributed by atoms with E-state index >= 15 is 0 Å². The smallest absolute Gasteiger partial charge is 0.261 e. The van der Waals surface area contributed by atoms with Gasteiger partial charge in [0.15, 0.2) is 0 Å². The summed E-state index contributed by atoms with van der Waals surface area (Å²) in [6.45, 7) is 4.75. The molecule has 3 rings (SSSR count). The van der Waals surface area contributed by atoms with Crippen molar-refractivity contribution in [1.29, 1.82) is 0 Å². The second kappa shape index (κ2) is 6.52. The van der Waals surface area contributed by atoms with Gasteiger partial charge in [0.05, 0.1) is 10.9 Å². The molecule has 0 radical (unpaired) electrons. The molecular formula is C18H23N3O2. The molecule has 23 heavy (non-hydrogen) atoms. The Bertz CT molecular complexity index is 795. The number of aromatic nitrogens is 2. The number of benzene rings is 1. The van der Waals surface area contributed by atoms with Crippen molar-refractivity contribution < 1.29 is 4.79 Å². The van der Waals surface area contributed by atoms with Crippen LogP contribution < -0.4 is 10.9 Å². The molecule has 1 amide bonds. The van der Waals surface area contributed by atoms with Gasteiger partial charge in [-0.25, -0.2) is 4.98 Å². The van der Waals surface area contributed by atoms with Crippen molar-refractivity contribution >= 4 is 16.8 Å². The average molecular weight is 313 g/mol. The van der Waals surface area contributed by atoms with E-state index in [9.17, 15) is 9.59 Å². The number of rotatable bonds is 3. The van der Waals surface area contributed by atoms with Crippen LogP contribution in [0.5, 0.6) is 0 Å². The lowest BCUT2D eigenvalue weighted by Gasteiger charge is -2.13. The van der Waals surface area contributed by atoms with Crippen LogP contribution in [0.25, 0.3) is 10.9 Å². The molecule has 0 spiro atoms. The maximum atomic E-state index is 12.7. The zero-order chi connectivity index (χ0) is 16.4. The first-order valence-electron chi connectivity index (χ1n) is 8.44. The van der Waals surface area contributed by atoms with Gasteiger partial charge >= 0.3 is 0 Å². The summed E-state index contributed by atoms with van der Waals surface area (Å²) < 4.78 is 1.80. The monoisotopic (exact) mass is 313 g/mol. The first kappa shape index (κ1) is 15.7. The summed E-state index contributed by atoms with van der Waals surface area (Å²) in [5.74, 6) is 0.734. The van der Waals surface area contributed by atoms with E-state index in [4.69, 9.17) is 0 Å². The number of nitrogens with one attached hydrogen (secondary N) is 1. The molecule has 0 aliphatic carbocycles. The predicted octanol–water partition coefficient (Wildman–Crippen LogP) is 2.65. The maximum Gasteiger partial charge on any atom is 0.261 e. The average Bonchev–Trinajstić information content (AvgIpc) is 2.80. The fourth-order valence-corrected chi connectivity index (χ4v) is 2.97. The number of aryl methyl sites for hydroxylation is 1. The van der Waals surface area contributed by atoms with E-state index in [0.717, 1.165) is 44.5 Å². The van der Waals surface area contributed by atoms with Gasteiger partial charge in [0, 0.05) is 24.6 Å². The number of hydrogen-bond acceptors (Lipinski definition) is 3. The minimum atomic E-state index is -0.113. The number of amides is 1. The molecule has 0 bridgehead atoms. The first-order valence-corrected chi connectivity index (χ1v) is 8.44. The summed E-state index contributed by atoms with van der Waals surface area (Å²) in [5.41, 5.74) is 1.20. The molecule has 1 aliphatic heterocycles. The molecule has 1 atom stereocenters. The summed E-state index contributed by atoms with van der Waals surface area (Å²) in [5, 5.41) is 3.54. The van der Waals surface area contributed by atoms with Gasteiger partial charge in [0.2, 0.25) is 0 Å². The van der Waals surface area contributed by atoms with Gasteiger partial charge in [0.25, 0.3) is 11.5 Å². The van der Waals surface area contributed by atoms with Crippen LogP contribution in [-0.2, 0) is 13.0 Å². The predicted molar refractivity (Wildman–Crippen MR) is 90.8 cm³/mol. The molecule has 0 saturated carbocycles. The van der Waals surface area contributed by atoms with Crippen LogP contribution >= 0.6 is 0 Å². The molecule has 2 heterocycles. The van der Waals surface area contributed by atoms with Crippen LogP contribution in [0.15, 0.2) is 23.0 Å². The number of fused-ring (bicyclic) bond motifs is 2. The Hall–Kier alpha value is -2.17. The van der Waals surface area contributed by atoms with Crippen molar-refractivity contribution in [3.8, 4) is 0 Å². The Morgan fingerprint density at radius 3 is 2.96 bits per heavy atom. The van der Waals surface area contributed by atoms with Crippen molar-refractivity contribution in [2.45, 2.75) is 58.5 Å². The number of hydrogen-bond donors (Lipinski definition) is 1. The van der Waals surface area contributed by atoms with Crippen molar-refractivity contribution in [2.75, 3.05) is 0 Å². The zero-order valence-electron chi connectivity index (χ0n) is 13.8. The summed E-state index contributed by atoms with van der Waals surface area (Å²) in [6, 6.07) is 5.31. The molecule has 1 aliphatic rings. The van der Waals surface area contributed by atoms with Crippen LogP contribution in [0.2, 0.25) is 0 Å². The van der Waals surface area contributed by atoms with E-state index in [0.29, 0.717) is 16.5 Å². The molecule has 1 N–H and O–H groups in total. The molecular weight excluding hydrogens is 290 g/mol. The highest BCUT2D eigenvalue weighted by atomic mass is 16.1. The fraction of sp³-hybridized carbons (Fsp3) is 0.500. The normalized spacial score (nSPS) is 15.7. The van der Waals surface area contributed by atoms with Crippen LogP contribution in [0.3, 0.4) is 0 Å². The lowest BCUT2D eigenvalue weighted by atomic mass is 10.1. The highest BCUT2D eigenvalue weighted by Gasteiger charge is 2.15. The third kappa shape index (κ3) is 3.14. The zero-order valence-corrected chi connectivity index (χ0v) is 13.8. The first-order chi connectivity index (χ1) is 11.1. The minimum absolute atomic E-state index is 0.0146. The van der Waals surface area contributed by atoms with Crippen LogP contribution in [0, 0.1) is 0 Å². The lowest BCUT2D eigenvalue weighted by Crippen LogP contribution is -2.32. The third-order valence-electron chi connectivity index (χ3n) is 4.57. The molecule has 5 nitrogen and oxygen atoms in total. The molecule has 122 valence electrons. The molecule has 0 unspecified atom stereocenters. The largest absolute Gasteiger partial charge is 0.350 e. The van der Waals surface area contributed by atoms with Crippen molar-refractivity contribution in [1.82, 2.24) is 14.9 Å². The maximum absolute atomic E-state index is 12.7. The van der Waals surface area contributed by atoms with Crippen LogP contribution in [0.4, 0.5) is 0 Å². The Balaban J connectivity index is 2.03. The molecule has 5 heteroatoms. The summed E-state index contributed by atoms with van der Waals surface area (Å²) >= 11 is 0. The van der Waals surface area contributed by atoms with E-state index in [-0.39, 0.29) is 17.5 Å². The molecule has 1 aromatic heterocycles. The van der Waals surface area contributed by atoms with Crippen LogP contribution in [0.1, 0.15) is 55.7 Å². The summed E-state index contributed by atoms with van der Waals surface area (Å²) in [7, 11) is 0. The minimum Gasteiger partial charge on any atom is -0.350 e. The Morgan fingerprint density at radius 1 is 1.35 bits per heavy atom.